The molecule has 7 nitrogen and oxygen atoms in total. The van der Waals surface area contributed by atoms with Crippen LogP contribution in [0, 0.1) is 0 Å². The smallest absolute Gasteiger partial charge is 0.254 e. The summed E-state index contributed by atoms with van der Waals surface area (Å²) in [6, 6.07) is 22.0. The van der Waals surface area contributed by atoms with E-state index in [0.717, 1.165) is 12.0 Å². The highest BCUT2D eigenvalue weighted by Gasteiger charge is 2.35. The number of phenolic OH excluding ortho intramolecular Hbond substituents is 1. The van der Waals surface area contributed by atoms with E-state index in [1.165, 1.54) is 12.7 Å². The number of benzene rings is 3. The van der Waals surface area contributed by atoms with Crippen molar-refractivity contribution in [2.75, 3.05) is 27.3 Å². The summed E-state index contributed by atoms with van der Waals surface area (Å²) < 4.78 is 10.3. The number of hydrogen-bond donors (Lipinski definition) is 1. The first-order chi connectivity index (χ1) is 17.0. The average molecular weight is 475 g/mol. The number of hydrogen-bond acceptors (Lipinski definition) is 5. The number of ether oxygens (including phenoxy) is 2. The van der Waals surface area contributed by atoms with E-state index in [2.05, 4.69) is 12.1 Å². The maximum Gasteiger partial charge on any atom is 0.254 e. The molecule has 35 heavy (non-hydrogen) atoms. The highest BCUT2D eigenvalue weighted by atomic mass is 16.5. The third-order valence-corrected chi connectivity index (χ3v) is 6.35. The lowest BCUT2D eigenvalue weighted by Gasteiger charge is -2.41. The summed E-state index contributed by atoms with van der Waals surface area (Å²) in [5.41, 5.74) is 2.51. The molecule has 1 aliphatic heterocycles. The monoisotopic (exact) mass is 474 g/mol. The van der Waals surface area contributed by atoms with Gasteiger partial charge in [-0.25, -0.2) is 0 Å². The van der Waals surface area contributed by atoms with Crippen molar-refractivity contribution in [3.8, 4) is 17.2 Å². The van der Waals surface area contributed by atoms with Crippen LogP contribution in [0.25, 0.3) is 0 Å². The van der Waals surface area contributed by atoms with Gasteiger partial charge in [0.25, 0.3) is 5.91 Å². The minimum atomic E-state index is -0.174. The van der Waals surface area contributed by atoms with E-state index in [-0.39, 0.29) is 30.2 Å². The van der Waals surface area contributed by atoms with Gasteiger partial charge in [-0.2, -0.15) is 0 Å². The Morgan fingerprint density at radius 2 is 1.71 bits per heavy atom. The summed E-state index contributed by atoms with van der Waals surface area (Å²) >= 11 is 0. The molecule has 4 rings (SSSR count). The van der Waals surface area contributed by atoms with E-state index in [0.29, 0.717) is 36.6 Å². The Morgan fingerprint density at radius 3 is 2.37 bits per heavy atom. The summed E-state index contributed by atoms with van der Waals surface area (Å²) in [4.78, 5) is 30.0. The van der Waals surface area contributed by atoms with Crippen LogP contribution in [0.3, 0.4) is 0 Å². The molecule has 1 N–H and O–H groups in total. The van der Waals surface area contributed by atoms with Gasteiger partial charge >= 0.3 is 0 Å². The Kier molecular flexibility index (Phi) is 7.55. The molecular weight excluding hydrogens is 444 g/mol. The lowest BCUT2D eigenvalue weighted by Crippen LogP contribution is -2.57. The number of piperazine rings is 1. The predicted octanol–water partition coefficient (Wildman–Crippen LogP) is 3.90. The molecule has 0 bridgehead atoms. The number of aryl methyl sites for hydroxylation is 1. The second kappa shape index (κ2) is 11.0. The number of carbonyl (C=O) groups excluding carboxylic acids is 2. The van der Waals surface area contributed by atoms with Gasteiger partial charge in [0.15, 0.2) is 11.5 Å². The standard InChI is InChI=1S/C28H30N2O5/c1-34-24-13-10-22(11-14-24)28(33)29-18-23(12-8-20-6-4-3-5-7-20)30(27(32)19-29)17-21-9-15-26(35-2)25(31)16-21/h3-7,9-11,13-16,23,31H,8,12,17-19H2,1-2H3/t23-/m0/s1. The molecular formula is C28H30N2O5. The van der Waals surface area contributed by atoms with Gasteiger partial charge in [0.1, 0.15) is 12.3 Å². The van der Waals surface area contributed by atoms with Crippen LogP contribution >= 0.6 is 0 Å². The van der Waals surface area contributed by atoms with Crippen molar-refractivity contribution >= 4 is 11.8 Å². The zero-order valence-corrected chi connectivity index (χ0v) is 20.0. The zero-order chi connectivity index (χ0) is 24.8. The van der Waals surface area contributed by atoms with Crippen LogP contribution in [0.15, 0.2) is 72.8 Å². The number of phenols is 1. The number of carbonyl (C=O) groups is 2. The van der Waals surface area contributed by atoms with Crippen LogP contribution < -0.4 is 9.47 Å². The minimum absolute atomic E-state index is 0.00877. The Labute approximate surface area is 205 Å². The van der Waals surface area contributed by atoms with Crippen molar-refractivity contribution < 1.29 is 24.2 Å². The molecule has 3 aromatic rings. The maximum atomic E-state index is 13.3. The maximum absolute atomic E-state index is 13.3. The Morgan fingerprint density at radius 1 is 0.971 bits per heavy atom. The Hall–Kier alpha value is -4.00. The van der Waals surface area contributed by atoms with E-state index < -0.39 is 0 Å². The van der Waals surface area contributed by atoms with E-state index in [1.54, 1.807) is 48.4 Å². The van der Waals surface area contributed by atoms with Crippen LogP contribution in [0.2, 0.25) is 0 Å². The van der Waals surface area contributed by atoms with Crippen LogP contribution in [0.4, 0.5) is 0 Å². The van der Waals surface area contributed by atoms with Crippen molar-refractivity contribution in [2.24, 2.45) is 0 Å². The Balaban J connectivity index is 1.54. The molecule has 0 unspecified atom stereocenters. The first-order valence-electron chi connectivity index (χ1n) is 11.6. The summed E-state index contributed by atoms with van der Waals surface area (Å²) in [5, 5.41) is 10.2. The highest BCUT2D eigenvalue weighted by molar-refractivity contribution is 5.97. The van der Waals surface area contributed by atoms with Crippen LogP contribution in [-0.4, -0.2) is 60.1 Å². The fraction of sp³-hybridized carbons (Fsp3) is 0.286. The van der Waals surface area contributed by atoms with E-state index in [9.17, 15) is 14.7 Å². The number of amides is 2. The number of aromatic hydroxyl groups is 1. The molecule has 1 saturated heterocycles. The summed E-state index contributed by atoms with van der Waals surface area (Å²) in [7, 11) is 3.07. The van der Waals surface area contributed by atoms with Gasteiger partial charge in [-0.3, -0.25) is 9.59 Å². The molecule has 0 spiro atoms. The first kappa shape index (κ1) is 24.1. The van der Waals surface area contributed by atoms with Crippen molar-refractivity contribution in [3.05, 3.63) is 89.5 Å². The highest BCUT2D eigenvalue weighted by Crippen LogP contribution is 2.28. The number of nitrogens with zero attached hydrogens (tertiary/aromatic N) is 2. The van der Waals surface area contributed by atoms with Crippen molar-refractivity contribution in [1.29, 1.82) is 0 Å². The first-order valence-corrected chi connectivity index (χ1v) is 11.6. The molecule has 1 heterocycles. The van der Waals surface area contributed by atoms with Crippen LogP contribution in [0.5, 0.6) is 17.2 Å². The second-order valence-corrected chi connectivity index (χ2v) is 8.62. The zero-order valence-electron chi connectivity index (χ0n) is 20.0. The van der Waals surface area contributed by atoms with E-state index >= 15 is 0 Å². The fourth-order valence-corrected chi connectivity index (χ4v) is 4.42. The van der Waals surface area contributed by atoms with Gasteiger partial charge in [-0.1, -0.05) is 36.4 Å². The van der Waals surface area contributed by atoms with Crippen LogP contribution in [0.1, 0.15) is 27.9 Å². The topological polar surface area (TPSA) is 79.3 Å². The molecule has 0 saturated carbocycles. The third-order valence-electron chi connectivity index (χ3n) is 6.35. The van der Waals surface area contributed by atoms with Crippen molar-refractivity contribution in [3.63, 3.8) is 0 Å². The van der Waals surface area contributed by atoms with E-state index in [1.807, 2.05) is 29.2 Å². The SMILES string of the molecule is COc1ccc(C(=O)N2CC(=O)N(Cc3ccc(OC)c(O)c3)[C@@H](CCc3ccccc3)C2)cc1. The van der Waals surface area contributed by atoms with Crippen molar-refractivity contribution in [1.82, 2.24) is 9.80 Å². The second-order valence-electron chi connectivity index (χ2n) is 8.62. The molecule has 2 amide bonds. The number of methoxy groups -OCH3 is 2. The minimum Gasteiger partial charge on any atom is -0.504 e. The normalized spacial score (nSPS) is 15.7. The molecule has 0 aliphatic carbocycles. The van der Waals surface area contributed by atoms with Gasteiger partial charge in [0, 0.05) is 18.7 Å². The van der Waals surface area contributed by atoms with Crippen molar-refractivity contribution in [2.45, 2.75) is 25.4 Å². The van der Waals surface area contributed by atoms with Gasteiger partial charge < -0.3 is 24.4 Å². The van der Waals surface area contributed by atoms with Gasteiger partial charge in [-0.05, 0) is 60.4 Å². The third kappa shape index (κ3) is 5.74. The van der Waals surface area contributed by atoms with E-state index in [4.69, 9.17) is 9.47 Å². The largest absolute Gasteiger partial charge is 0.504 e. The quantitative estimate of drug-likeness (QED) is 0.536. The molecule has 1 aliphatic rings. The molecule has 0 aromatic heterocycles. The lowest BCUT2D eigenvalue weighted by atomic mass is 10.00. The summed E-state index contributed by atoms with van der Waals surface area (Å²) in [5.74, 6) is 0.798. The summed E-state index contributed by atoms with van der Waals surface area (Å²) in [6.45, 7) is 0.792. The Bertz CT molecular complexity index is 1160. The van der Waals surface area contributed by atoms with Gasteiger partial charge in [0.2, 0.25) is 5.91 Å². The molecule has 7 heteroatoms. The lowest BCUT2D eigenvalue weighted by molar-refractivity contribution is -0.139. The molecule has 0 radical (unpaired) electrons. The molecule has 1 fully saturated rings. The van der Waals surface area contributed by atoms with Crippen LogP contribution in [-0.2, 0) is 17.8 Å². The fourth-order valence-electron chi connectivity index (χ4n) is 4.42. The molecule has 1 atom stereocenters. The van der Waals surface area contributed by atoms with Gasteiger partial charge in [0.05, 0.1) is 20.3 Å². The molecule has 182 valence electrons. The number of rotatable bonds is 8. The predicted molar refractivity (Wildman–Crippen MR) is 133 cm³/mol. The molecule has 3 aromatic carbocycles. The average Bonchev–Trinajstić information content (AvgIpc) is 2.89. The summed E-state index contributed by atoms with van der Waals surface area (Å²) in [6.07, 6.45) is 1.50. The van der Waals surface area contributed by atoms with Gasteiger partial charge in [-0.15, -0.1) is 0 Å².